The maximum atomic E-state index is 10.3. The Morgan fingerprint density at radius 2 is 0.960 bits per heavy atom. The second-order valence-corrected chi connectivity index (χ2v) is 5.13. The van der Waals surface area contributed by atoms with E-state index in [1.165, 1.54) is 0 Å². The van der Waals surface area contributed by atoms with Crippen LogP contribution in [-0.4, -0.2) is 22.9 Å². The molecule has 0 aliphatic rings. The van der Waals surface area contributed by atoms with Crippen LogP contribution in [0.4, 0.5) is 0 Å². The standard InChI is InChI=1S/2C8H16O2.2H2O.O.2Zr/c2*1-3-5-6-7(4-2)8(9)10;;;;;/h2*7H,3-6H2,1-2H3,(H,9,10);2*1H2;;;/q;;;;-2;2*+2/p-2. The van der Waals surface area contributed by atoms with Gasteiger partial charge in [0.2, 0.25) is 0 Å². The Morgan fingerprint density at radius 3 is 1.08 bits per heavy atom. The Morgan fingerprint density at radius 1 is 0.720 bits per heavy atom. The van der Waals surface area contributed by atoms with Crippen LogP contribution < -0.4 is 10.2 Å². The predicted molar refractivity (Wildman–Crippen MR) is 84.5 cm³/mol. The topological polar surface area (TPSA) is 172 Å². The molecule has 0 saturated carbocycles. The van der Waals surface area contributed by atoms with Crippen molar-refractivity contribution in [2.75, 3.05) is 0 Å². The zero-order valence-electron chi connectivity index (χ0n) is 15.9. The first-order valence-corrected chi connectivity index (χ1v) is 7.86. The second kappa shape index (κ2) is 32.3. The Hall–Kier alpha value is 0.586. The van der Waals surface area contributed by atoms with Crippen molar-refractivity contribution in [1.82, 2.24) is 0 Å². The monoisotopic (exact) mass is 518 g/mol. The van der Waals surface area contributed by atoms with Crippen molar-refractivity contribution in [3.05, 3.63) is 0 Å². The van der Waals surface area contributed by atoms with E-state index in [0.29, 0.717) is 12.8 Å². The first-order chi connectivity index (χ1) is 9.44. The van der Waals surface area contributed by atoms with Gasteiger partial charge in [0.15, 0.2) is 0 Å². The molecule has 2 unspecified atom stereocenters. The van der Waals surface area contributed by atoms with Crippen LogP contribution in [0.3, 0.4) is 0 Å². The van der Waals surface area contributed by atoms with Gasteiger partial charge in [-0.2, -0.15) is 0 Å². The van der Waals surface area contributed by atoms with E-state index < -0.39 is 11.9 Å². The first kappa shape index (κ1) is 44.8. The maximum absolute atomic E-state index is 10.3. The van der Waals surface area contributed by atoms with Gasteiger partial charge in [-0.05, 0) is 37.5 Å². The van der Waals surface area contributed by atoms with E-state index in [9.17, 15) is 19.8 Å². The predicted octanol–water partition coefficient (Wildman–Crippen LogP) is 0.132. The van der Waals surface area contributed by atoms with Crippen LogP contribution in [0.1, 0.15) is 79.1 Å². The average Bonchev–Trinajstić information content (AvgIpc) is 2.40. The molecule has 0 aromatic rings. The molecule has 0 heterocycles. The van der Waals surface area contributed by atoms with Crippen molar-refractivity contribution in [1.29, 1.82) is 0 Å². The van der Waals surface area contributed by atoms with Gasteiger partial charge >= 0.3 is 52.4 Å². The van der Waals surface area contributed by atoms with Gasteiger partial charge in [0.1, 0.15) is 0 Å². The number of carboxylic acids is 2. The molecule has 0 bridgehead atoms. The molecule has 148 valence electrons. The molecule has 2 atom stereocenters. The number of hydrogen-bond donors (Lipinski definition) is 0. The maximum Gasteiger partial charge on any atom is 2.00 e. The first-order valence-electron chi connectivity index (χ1n) is 7.86. The van der Waals surface area contributed by atoms with Crippen molar-refractivity contribution >= 4 is 11.9 Å². The van der Waals surface area contributed by atoms with E-state index in [0.717, 1.165) is 38.5 Å². The summed E-state index contributed by atoms with van der Waals surface area (Å²) in [6.07, 6.45) is 7.04. The number of carbonyl (C=O) groups excluding carboxylic acids is 2. The van der Waals surface area contributed by atoms with Gasteiger partial charge in [-0.1, -0.05) is 53.4 Å². The third-order valence-corrected chi connectivity index (χ3v) is 3.46. The van der Waals surface area contributed by atoms with Gasteiger partial charge in [0.25, 0.3) is 0 Å². The summed E-state index contributed by atoms with van der Waals surface area (Å²) in [6, 6.07) is 0. The van der Waals surface area contributed by atoms with Crippen LogP contribution in [0.5, 0.6) is 0 Å². The molecule has 7 nitrogen and oxygen atoms in total. The Labute approximate surface area is 190 Å². The summed E-state index contributed by atoms with van der Waals surface area (Å²) in [4.78, 5) is 20.7. The van der Waals surface area contributed by atoms with Crippen LogP contribution in [-0.2, 0) is 67.5 Å². The molecule has 0 aromatic heterocycles. The molecule has 0 aromatic carbocycles. The summed E-state index contributed by atoms with van der Waals surface area (Å²) in [5, 5.41) is 20.7. The molecule has 0 saturated heterocycles. The SMILES string of the molecule is CCCCC(CC)C(=O)[O-].CCCCC(CC)C(=O)[O-].O.O.[O-2].[Zr+2].[Zr+2]. The van der Waals surface area contributed by atoms with E-state index in [1.807, 2.05) is 13.8 Å². The summed E-state index contributed by atoms with van der Waals surface area (Å²) < 4.78 is 0. The van der Waals surface area contributed by atoms with Crippen molar-refractivity contribution in [3.63, 3.8) is 0 Å². The molecule has 0 rings (SSSR count). The van der Waals surface area contributed by atoms with E-state index >= 15 is 0 Å². The Balaban J connectivity index is -0.0000000432. The van der Waals surface area contributed by atoms with E-state index in [4.69, 9.17) is 0 Å². The number of aliphatic carboxylic acids is 2. The molecule has 0 spiro atoms. The average molecular weight is 521 g/mol. The number of hydrogen-bond acceptors (Lipinski definition) is 4. The summed E-state index contributed by atoms with van der Waals surface area (Å²) in [5.74, 6) is -2.23. The fourth-order valence-corrected chi connectivity index (χ4v) is 1.88. The van der Waals surface area contributed by atoms with E-state index in [-0.39, 0.29) is 80.7 Å². The minimum atomic E-state index is -0.893. The summed E-state index contributed by atoms with van der Waals surface area (Å²) in [5.41, 5.74) is 0. The molecule has 0 aliphatic heterocycles. The molecule has 4 N–H and O–H groups in total. The van der Waals surface area contributed by atoms with Crippen LogP contribution in [0.2, 0.25) is 0 Å². The fraction of sp³-hybridized carbons (Fsp3) is 0.875. The second-order valence-electron chi connectivity index (χ2n) is 5.13. The zero-order chi connectivity index (χ0) is 16.0. The van der Waals surface area contributed by atoms with Gasteiger partial charge in [-0.15, -0.1) is 0 Å². The van der Waals surface area contributed by atoms with E-state index in [1.54, 1.807) is 0 Å². The van der Waals surface area contributed by atoms with Crippen LogP contribution >= 0.6 is 0 Å². The van der Waals surface area contributed by atoms with Crippen molar-refractivity contribution in [2.45, 2.75) is 79.1 Å². The zero-order valence-corrected chi connectivity index (χ0v) is 20.8. The van der Waals surface area contributed by atoms with Crippen molar-refractivity contribution in [3.8, 4) is 0 Å². The largest absolute Gasteiger partial charge is 2.00 e. The Bertz CT molecular complexity index is 241. The molecule has 0 radical (unpaired) electrons. The van der Waals surface area contributed by atoms with Gasteiger partial charge in [0, 0.05) is 11.9 Å². The molecule has 0 amide bonds. The molecule has 9 heteroatoms. The van der Waals surface area contributed by atoms with Gasteiger partial charge in [0.05, 0.1) is 0 Å². The number of carbonyl (C=O) groups is 2. The van der Waals surface area contributed by atoms with Crippen LogP contribution in [0, 0.1) is 11.8 Å². The fourth-order valence-electron chi connectivity index (χ4n) is 1.88. The van der Waals surface area contributed by atoms with Gasteiger partial charge < -0.3 is 36.2 Å². The molecule has 0 fully saturated rings. The smallest absolute Gasteiger partial charge is 2.00 e. The number of unbranched alkanes of at least 4 members (excludes halogenated alkanes) is 2. The molecule has 25 heavy (non-hydrogen) atoms. The normalized spacial score (nSPS) is 10.4. The number of carboxylic acid groups (broad SMARTS) is 2. The molecule has 0 aliphatic carbocycles. The minimum Gasteiger partial charge on any atom is -2.00 e. The van der Waals surface area contributed by atoms with Crippen molar-refractivity contribution < 1.29 is 88.6 Å². The number of rotatable bonds is 10. The van der Waals surface area contributed by atoms with Crippen LogP contribution in [0.25, 0.3) is 0 Å². The minimum absolute atomic E-state index is 0. The van der Waals surface area contributed by atoms with Crippen molar-refractivity contribution in [2.24, 2.45) is 11.8 Å². The Kier molecular flexibility index (Phi) is 57.8. The third kappa shape index (κ3) is 29.6. The summed E-state index contributed by atoms with van der Waals surface area (Å²) in [6.45, 7) is 7.89. The third-order valence-electron chi connectivity index (χ3n) is 3.46. The molecular weight excluding hydrogens is 487 g/mol. The van der Waals surface area contributed by atoms with Crippen LogP contribution in [0.15, 0.2) is 0 Å². The summed E-state index contributed by atoms with van der Waals surface area (Å²) >= 11 is 0. The van der Waals surface area contributed by atoms with E-state index in [2.05, 4.69) is 13.8 Å². The van der Waals surface area contributed by atoms with Gasteiger partial charge in [-0.25, -0.2) is 0 Å². The summed E-state index contributed by atoms with van der Waals surface area (Å²) in [7, 11) is 0. The quantitative estimate of drug-likeness (QED) is 0.398. The van der Waals surface area contributed by atoms with Gasteiger partial charge in [-0.3, -0.25) is 0 Å². The molecular formula is C16H34O7Zr2.